The third-order valence-electron chi connectivity index (χ3n) is 2.25. The average molecular weight is 170 g/mol. The Balaban J connectivity index is 2.32. The van der Waals surface area contributed by atoms with Crippen LogP contribution in [0.3, 0.4) is 0 Å². The lowest BCUT2D eigenvalue weighted by atomic mass is 10.0. The summed E-state index contributed by atoms with van der Waals surface area (Å²) in [7, 11) is 0. The van der Waals surface area contributed by atoms with Gasteiger partial charge in [-0.1, -0.05) is 5.57 Å². The fraction of sp³-hybridized carbons (Fsp3) is 0.800. The molecule has 3 unspecified atom stereocenters. The van der Waals surface area contributed by atoms with Gasteiger partial charge >= 0.3 is 0 Å². The molecule has 1 aliphatic rings. The molecule has 0 aromatic rings. The Bertz CT molecular complexity index is 165. The van der Waals surface area contributed by atoms with Gasteiger partial charge in [-0.2, -0.15) is 0 Å². The smallest absolute Gasteiger partial charge is 0.0841 e. The van der Waals surface area contributed by atoms with E-state index in [1.165, 1.54) is 0 Å². The Morgan fingerprint density at radius 3 is 2.75 bits per heavy atom. The molecule has 0 aliphatic carbocycles. The van der Waals surface area contributed by atoms with Gasteiger partial charge in [0, 0.05) is 0 Å². The molecule has 1 fully saturated rings. The molecule has 0 aromatic heterocycles. The first kappa shape index (κ1) is 9.75. The zero-order valence-corrected chi connectivity index (χ0v) is 7.92. The zero-order chi connectivity index (χ0) is 9.14. The summed E-state index contributed by atoms with van der Waals surface area (Å²) in [6.45, 7) is 7.75. The van der Waals surface area contributed by atoms with Crippen molar-refractivity contribution in [3.63, 3.8) is 0 Å². The molecule has 2 nitrogen and oxygen atoms in total. The van der Waals surface area contributed by atoms with Crippen LogP contribution in [0.15, 0.2) is 12.2 Å². The predicted octanol–water partition coefficient (Wildman–Crippen LogP) is 1.88. The fourth-order valence-electron chi connectivity index (χ4n) is 1.60. The molecular formula is C10H18O2. The summed E-state index contributed by atoms with van der Waals surface area (Å²) in [4.78, 5) is 0. The van der Waals surface area contributed by atoms with E-state index >= 15 is 0 Å². The molecule has 0 saturated carbocycles. The van der Waals surface area contributed by atoms with Crippen molar-refractivity contribution in [2.75, 3.05) is 0 Å². The molecule has 1 rings (SSSR count). The molecule has 1 aliphatic heterocycles. The van der Waals surface area contributed by atoms with E-state index < -0.39 is 0 Å². The number of aliphatic hydroxyl groups is 1. The van der Waals surface area contributed by atoms with Gasteiger partial charge in [0.2, 0.25) is 0 Å². The number of hydrogen-bond donors (Lipinski definition) is 1. The topological polar surface area (TPSA) is 29.5 Å². The van der Waals surface area contributed by atoms with Gasteiger partial charge in [-0.3, -0.25) is 0 Å². The second kappa shape index (κ2) is 4.06. The largest absolute Gasteiger partial charge is 0.390 e. The van der Waals surface area contributed by atoms with Crippen LogP contribution in [-0.2, 0) is 4.74 Å². The molecule has 0 aromatic carbocycles. The van der Waals surface area contributed by atoms with Crippen LogP contribution in [0.25, 0.3) is 0 Å². The molecule has 70 valence electrons. The Hall–Kier alpha value is -0.340. The van der Waals surface area contributed by atoms with Crippen molar-refractivity contribution in [3.8, 4) is 0 Å². The first-order valence-electron chi connectivity index (χ1n) is 4.57. The second-order valence-electron chi connectivity index (χ2n) is 3.79. The van der Waals surface area contributed by atoms with E-state index in [2.05, 4.69) is 6.58 Å². The number of hydrogen-bond acceptors (Lipinski definition) is 2. The summed E-state index contributed by atoms with van der Waals surface area (Å²) in [6.07, 6.45) is 2.71. The minimum Gasteiger partial charge on any atom is -0.390 e. The van der Waals surface area contributed by atoms with E-state index in [1.54, 1.807) is 0 Å². The molecule has 2 heteroatoms. The summed E-state index contributed by atoms with van der Waals surface area (Å²) >= 11 is 0. The molecule has 12 heavy (non-hydrogen) atoms. The third-order valence-corrected chi connectivity index (χ3v) is 2.25. The first-order valence-corrected chi connectivity index (χ1v) is 4.57. The van der Waals surface area contributed by atoms with Crippen LogP contribution in [0.4, 0.5) is 0 Å². The van der Waals surface area contributed by atoms with Crippen molar-refractivity contribution in [1.82, 2.24) is 0 Å². The van der Waals surface area contributed by atoms with Crippen molar-refractivity contribution >= 4 is 0 Å². The van der Waals surface area contributed by atoms with E-state index in [-0.39, 0.29) is 12.2 Å². The molecule has 0 spiro atoms. The first-order chi connectivity index (χ1) is 5.59. The standard InChI is InChI=1S/C10H18O2/c1-7(2)6-9(11)10-5-4-8(3)12-10/h8-11H,1,4-6H2,2-3H3. The quantitative estimate of drug-likeness (QED) is 0.655. The molecule has 1 saturated heterocycles. The monoisotopic (exact) mass is 170 g/mol. The van der Waals surface area contributed by atoms with Gasteiger partial charge in [0.05, 0.1) is 18.3 Å². The van der Waals surface area contributed by atoms with E-state index in [9.17, 15) is 5.11 Å². The summed E-state index contributed by atoms with van der Waals surface area (Å²) in [5.41, 5.74) is 1.02. The van der Waals surface area contributed by atoms with E-state index in [4.69, 9.17) is 4.74 Å². The maximum Gasteiger partial charge on any atom is 0.0841 e. The predicted molar refractivity (Wildman–Crippen MR) is 49.0 cm³/mol. The van der Waals surface area contributed by atoms with Crippen LogP contribution in [-0.4, -0.2) is 23.4 Å². The minimum atomic E-state index is -0.354. The van der Waals surface area contributed by atoms with Crippen LogP contribution in [0.2, 0.25) is 0 Å². The molecule has 0 bridgehead atoms. The second-order valence-corrected chi connectivity index (χ2v) is 3.79. The Kier molecular flexibility index (Phi) is 3.29. The highest BCUT2D eigenvalue weighted by molar-refractivity contribution is 4.93. The van der Waals surface area contributed by atoms with E-state index in [0.717, 1.165) is 18.4 Å². The van der Waals surface area contributed by atoms with E-state index in [1.807, 2.05) is 13.8 Å². The highest BCUT2D eigenvalue weighted by atomic mass is 16.5. The lowest BCUT2D eigenvalue weighted by Crippen LogP contribution is -2.26. The lowest BCUT2D eigenvalue weighted by Gasteiger charge is -2.18. The lowest BCUT2D eigenvalue weighted by molar-refractivity contribution is -0.0277. The fourth-order valence-corrected chi connectivity index (χ4v) is 1.60. The average Bonchev–Trinajstić information content (AvgIpc) is 2.34. The van der Waals surface area contributed by atoms with Gasteiger partial charge in [0.15, 0.2) is 0 Å². The Morgan fingerprint density at radius 1 is 1.67 bits per heavy atom. The highest BCUT2D eigenvalue weighted by Gasteiger charge is 2.27. The van der Waals surface area contributed by atoms with Crippen molar-refractivity contribution in [2.24, 2.45) is 0 Å². The third kappa shape index (κ3) is 2.61. The normalized spacial score (nSPS) is 31.9. The molecule has 3 atom stereocenters. The SMILES string of the molecule is C=C(C)CC(O)C1CCC(C)O1. The van der Waals surface area contributed by atoms with Crippen LogP contribution in [0, 0.1) is 0 Å². The molecular weight excluding hydrogens is 152 g/mol. The van der Waals surface area contributed by atoms with Gasteiger partial charge in [-0.25, -0.2) is 0 Å². The van der Waals surface area contributed by atoms with Crippen LogP contribution < -0.4 is 0 Å². The van der Waals surface area contributed by atoms with Crippen LogP contribution >= 0.6 is 0 Å². The van der Waals surface area contributed by atoms with Crippen LogP contribution in [0.1, 0.15) is 33.1 Å². The van der Waals surface area contributed by atoms with Crippen LogP contribution in [0.5, 0.6) is 0 Å². The number of ether oxygens (including phenoxy) is 1. The minimum absolute atomic E-state index is 0.0386. The van der Waals surface area contributed by atoms with E-state index in [0.29, 0.717) is 12.5 Å². The van der Waals surface area contributed by atoms with Gasteiger partial charge in [-0.15, -0.1) is 6.58 Å². The van der Waals surface area contributed by atoms with Gasteiger partial charge in [-0.05, 0) is 33.1 Å². The van der Waals surface area contributed by atoms with Crippen molar-refractivity contribution in [2.45, 2.75) is 51.4 Å². The summed E-state index contributed by atoms with van der Waals surface area (Å²) < 4.78 is 5.53. The molecule has 0 radical (unpaired) electrons. The summed E-state index contributed by atoms with van der Waals surface area (Å²) in [6, 6.07) is 0. The Labute approximate surface area is 74.2 Å². The van der Waals surface area contributed by atoms with Crippen molar-refractivity contribution in [1.29, 1.82) is 0 Å². The Morgan fingerprint density at radius 2 is 2.33 bits per heavy atom. The summed E-state index contributed by atoms with van der Waals surface area (Å²) in [5, 5.41) is 9.65. The molecule has 1 heterocycles. The van der Waals surface area contributed by atoms with Gasteiger partial charge in [0.25, 0.3) is 0 Å². The zero-order valence-electron chi connectivity index (χ0n) is 7.92. The maximum atomic E-state index is 9.65. The molecule has 1 N–H and O–H groups in total. The maximum absolute atomic E-state index is 9.65. The van der Waals surface area contributed by atoms with Crippen molar-refractivity contribution < 1.29 is 9.84 Å². The summed E-state index contributed by atoms with van der Waals surface area (Å²) in [5.74, 6) is 0. The molecule has 0 amide bonds. The van der Waals surface area contributed by atoms with Gasteiger partial charge in [0.1, 0.15) is 0 Å². The number of rotatable bonds is 3. The van der Waals surface area contributed by atoms with Gasteiger partial charge < -0.3 is 9.84 Å². The van der Waals surface area contributed by atoms with Crippen molar-refractivity contribution in [3.05, 3.63) is 12.2 Å². The number of aliphatic hydroxyl groups excluding tert-OH is 1. The highest BCUT2D eigenvalue weighted by Crippen LogP contribution is 2.24.